The van der Waals surface area contributed by atoms with E-state index in [0.29, 0.717) is 27.8 Å². The summed E-state index contributed by atoms with van der Waals surface area (Å²) >= 11 is 7.18. The number of rotatable bonds is 4. The number of esters is 1. The van der Waals surface area contributed by atoms with E-state index in [2.05, 4.69) is 5.32 Å². The van der Waals surface area contributed by atoms with Crippen molar-refractivity contribution < 1.29 is 19.1 Å². The van der Waals surface area contributed by atoms with Gasteiger partial charge in [-0.1, -0.05) is 11.6 Å². The number of fused-ring (bicyclic) bond motifs is 1. The van der Waals surface area contributed by atoms with Crippen LogP contribution < -0.4 is 10.1 Å². The number of hydrogen-bond donors (Lipinski definition) is 1. The smallest absolute Gasteiger partial charge is 0.313 e. The van der Waals surface area contributed by atoms with Crippen LogP contribution >= 0.6 is 22.9 Å². The van der Waals surface area contributed by atoms with Gasteiger partial charge < -0.3 is 14.8 Å². The zero-order valence-electron chi connectivity index (χ0n) is 13.0. The molecule has 2 heterocycles. The van der Waals surface area contributed by atoms with Gasteiger partial charge in [0.15, 0.2) is 6.61 Å². The summed E-state index contributed by atoms with van der Waals surface area (Å²) in [4.78, 5) is 24.0. The molecule has 6 nitrogen and oxygen atoms in total. The van der Waals surface area contributed by atoms with E-state index in [9.17, 15) is 9.59 Å². The van der Waals surface area contributed by atoms with Crippen LogP contribution in [0.3, 0.4) is 0 Å². The predicted molar refractivity (Wildman–Crippen MR) is 92.8 cm³/mol. The Morgan fingerprint density at radius 2 is 2.28 bits per heavy atom. The Kier molecular flexibility index (Phi) is 5.22. The lowest BCUT2D eigenvalue weighted by Gasteiger charge is -2.24. The summed E-state index contributed by atoms with van der Waals surface area (Å²) in [5, 5.41) is 14.2. The number of benzene rings is 1. The first-order chi connectivity index (χ1) is 12.1. The summed E-state index contributed by atoms with van der Waals surface area (Å²) in [6.45, 7) is -0.223. The number of hydrogen-bond acceptors (Lipinski definition) is 6. The van der Waals surface area contributed by atoms with Crippen LogP contribution in [0.15, 0.2) is 29.6 Å². The van der Waals surface area contributed by atoms with E-state index < -0.39 is 24.4 Å². The highest BCUT2D eigenvalue weighted by Crippen LogP contribution is 2.30. The van der Waals surface area contributed by atoms with Gasteiger partial charge in [0.1, 0.15) is 23.4 Å². The lowest BCUT2D eigenvalue weighted by Crippen LogP contribution is -2.31. The second-order valence-corrected chi connectivity index (χ2v) is 6.75. The van der Waals surface area contributed by atoms with Crippen LogP contribution in [0.5, 0.6) is 5.75 Å². The number of halogens is 1. The van der Waals surface area contributed by atoms with Gasteiger partial charge in [-0.3, -0.25) is 9.59 Å². The average Bonchev–Trinajstić information content (AvgIpc) is 3.06. The molecule has 1 atom stereocenters. The summed E-state index contributed by atoms with van der Waals surface area (Å²) in [5.74, 6) is -0.789. The lowest BCUT2D eigenvalue weighted by atomic mass is 9.97. The van der Waals surface area contributed by atoms with Gasteiger partial charge in [-0.15, -0.1) is 11.3 Å². The zero-order valence-corrected chi connectivity index (χ0v) is 14.5. The highest BCUT2D eigenvalue weighted by Gasteiger charge is 2.28. The largest absolute Gasteiger partial charge is 0.492 e. The molecule has 0 saturated carbocycles. The number of nitrogens with one attached hydrogen (secondary N) is 1. The van der Waals surface area contributed by atoms with E-state index in [-0.39, 0.29) is 6.61 Å². The van der Waals surface area contributed by atoms with Gasteiger partial charge in [0.2, 0.25) is 0 Å². The minimum Gasteiger partial charge on any atom is -0.492 e. The van der Waals surface area contributed by atoms with Crippen molar-refractivity contribution in [2.75, 3.05) is 18.5 Å². The van der Waals surface area contributed by atoms with Crippen molar-refractivity contribution in [3.63, 3.8) is 0 Å². The van der Waals surface area contributed by atoms with E-state index in [1.54, 1.807) is 29.6 Å². The molecule has 1 aromatic carbocycles. The predicted octanol–water partition coefficient (Wildman–Crippen LogP) is 3.01. The average molecular weight is 377 g/mol. The van der Waals surface area contributed by atoms with E-state index in [4.69, 9.17) is 26.3 Å². The van der Waals surface area contributed by atoms with E-state index in [1.165, 1.54) is 11.3 Å². The molecule has 1 N–H and O–H groups in total. The van der Waals surface area contributed by atoms with Crippen molar-refractivity contribution in [2.45, 2.75) is 6.42 Å². The van der Waals surface area contributed by atoms with Gasteiger partial charge in [-0.25, -0.2) is 0 Å². The number of amides is 1. The number of carbonyl (C=O) groups excluding carboxylic acids is 2. The summed E-state index contributed by atoms with van der Waals surface area (Å²) < 4.78 is 10.6. The van der Waals surface area contributed by atoms with Crippen LogP contribution in [0.4, 0.5) is 5.00 Å². The summed E-state index contributed by atoms with van der Waals surface area (Å²) in [6, 6.07) is 8.82. The third-order valence-corrected chi connectivity index (χ3v) is 4.71. The minimum absolute atomic E-state index is 0.193. The fraction of sp³-hybridized carbons (Fsp3) is 0.235. The van der Waals surface area contributed by atoms with Crippen LogP contribution in [0.25, 0.3) is 0 Å². The zero-order chi connectivity index (χ0) is 17.8. The maximum Gasteiger partial charge on any atom is 0.313 e. The second-order valence-electron chi connectivity index (χ2n) is 5.40. The molecule has 0 saturated heterocycles. The number of nitriles is 1. The molecule has 128 valence electrons. The normalized spacial score (nSPS) is 15.4. The van der Waals surface area contributed by atoms with Crippen molar-refractivity contribution in [2.24, 2.45) is 5.92 Å². The van der Waals surface area contributed by atoms with Crippen molar-refractivity contribution >= 4 is 39.8 Å². The van der Waals surface area contributed by atoms with Gasteiger partial charge in [0.05, 0.1) is 11.5 Å². The van der Waals surface area contributed by atoms with Gasteiger partial charge in [0.25, 0.3) is 5.91 Å². The molecule has 0 bridgehead atoms. The number of anilines is 1. The fourth-order valence-electron chi connectivity index (χ4n) is 2.43. The first-order valence-corrected chi connectivity index (χ1v) is 8.68. The molecule has 1 amide bonds. The van der Waals surface area contributed by atoms with Crippen molar-refractivity contribution in [3.05, 3.63) is 45.8 Å². The van der Waals surface area contributed by atoms with Crippen molar-refractivity contribution in [1.29, 1.82) is 5.26 Å². The maximum absolute atomic E-state index is 12.2. The number of ether oxygens (including phenoxy) is 2. The Balaban J connectivity index is 1.53. The number of carbonyl (C=O) groups is 2. The molecule has 0 spiro atoms. The second kappa shape index (κ2) is 7.55. The molecule has 2 aromatic rings. The Morgan fingerprint density at radius 3 is 3.08 bits per heavy atom. The minimum atomic E-state index is -0.507. The third-order valence-electron chi connectivity index (χ3n) is 3.65. The Labute approximate surface area is 152 Å². The molecular weight excluding hydrogens is 364 g/mol. The highest BCUT2D eigenvalue weighted by molar-refractivity contribution is 7.14. The molecule has 1 aromatic heterocycles. The topological polar surface area (TPSA) is 88.4 Å². The van der Waals surface area contributed by atoms with Gasteiger partial charge in [-0.2, -0.15) is 5.26 Å². The first kappa shape index (κ1) is 17.3. The Bertz CT molecular complexity index is 859. The van der Waals surface area contributed by atoms with Crippen LogP contribution in [0, 0.1) is 17.2 Å². The molecular formula is C17H13ClN2O4S. The molecule has 0 radical (unpaired) electrons. The third kappa shape index (κ3) is 4.10. The van der Waals surface area contributed by atoms with E-state index in [1.807, 2.05) is 6.07 Å². The molecule has 1 aliphatic heterocycles. The van der Waals surface area contributed by atoms with Crippen molar-refractivity contribution in [3.8, 4) is 11.8 Å². The summed E-state index contributed by atoms with van der Waals surface area (Å²) in [5.41, 5.74) is 1.21. The number of thiophene rings is 1. The quantitative estimate of drug-likeness (QED) is 0.828. The lowest BCUT2D eigenvalue weighted by molar-refractivity contribution is -0.152. The summed E-state index contributed by atoms with van der Waals surface area (Å²) in [7, 11) is 0. The first-order valence-electron chi connectivity index (χ1n) is 7.42. The molecule has 1 aliphatic rings. The summed E-state index contributed by atoms with van der Waals surface area (Å²) in [6.07, 6.45) is 0.444. The standard InChI is InChI=1S/C17H13ClN2O4S/c18-13-1-2-14-11(6-13)5-12(8-23-14)17(22)24-9-15(21)20-16-10(7-19)3-4-25-16/h1-4,6,12H,5,8-9H2,(H,20,21)/t12-/m1/s1. The van der Waals surface area contributed by atoms with Crippen molar-refractivity contribution in [1.82, 2.24) is 0 Å². The molecule has 3 rings (SSSR count). The monoisotopic (exact) mass is 376 g/mol. The van der Waals surface area contributed by atoms with Crippen LogP contribution in [0.2, 0.25) is 5.02 Å². The molecule has 8 heteroatoms. The highest BCUT2D eigenvalue weighted by atomic mass is 35.5. The van der Waals surface area contributed by atoms with Crippen LogP contribution in [-0.4, -0.2) is 25.1 Å². The molecule has 0 fully saturated rings. The SMILES string of the molecule is N#Cc1ccsc1NC(=O)COC(=O)[C@H]1COc2ccc(Cl)cc2C1. The van der Waals surface area contributed by atoms with Gasteiger partial charge >= 0.3 is 5.97 Å². The van der Waals surface area contributed by atoms with Crippen LogP contribution in [-0.2, 0) is 20.7 Å². The maximum atomic E-state index is 12.2. The number of nitrogens with zero attached hydrogens (tertiary/aromatic N) is 1. The van der Waals surface area contributed by atoms with Gasteiger partial charge in [-0.05, 0) is 41.6 Å². The Morgan fingerprint density at radius 1 is 1.44 bits per heavy atom. The molecule has 25 heavy (non-hydrogen) atoms. The fourth-order valence-corrected chi connectivity index (χ4v) is 3.37. The Hall–Kier alpha value is -2.56. The van der Waals surface area contributed by atoms with E-state index >= 15 is 0 Å². The molecule has 0 unspecified atom stereocenters. The van der Waals surface area contributed by atoms with Crippen LogP contribution in [0.1, 0.15) is 11.1 Å². The molecule has 0 aliphatic carbocycles. The van der Waals surface area contributed by atoms with Gasteiger partial charge in [0, 0.05) is 5.02 Å². The van der Waals surface area contributed by atoms with E-state index in [0.717, 1.165) is 5.56 Å².